The molecular weight excluding hydrogens is 392 g/mol. The Balaban J connectivity index is 1.46. The molecule has 160 valence electrons. The molecular formula is C24H26N4O3. The van der Waals surface area contributed by atoms with Gasteiger partial charge in [0.25, 0.3) is 11.5 Å². The molecule has 0 saturated carbocycles. The fourth-order valence-corrected chi connectivity index (χ4v) is 4.02. The van der Waals surface area contributed by atoms with Gasteiger partial charge in [0.1, 0.15) is 11.4 Å². The van der Waals surface area contributed by atoms with E-state index in [1.54, 1.807) is 24.1 Å². The summed E-state index contributed by atoms with van der Waals surface area (Å²) >= 11 is 0. The van der Waals surface area contributed by atoms with Gasteiger partial charge in [0, 0.05) is 31.3 Å². The average molecular weight is 418 g/mol. The van der Waals surface area contributed by atoms with Crippen molar-refractivity contribution >= 4 is 5.91 Å². The first-order valence-electron chi connectivity index (χ1n) is 10.5. The minimum atomic E-state index is -0.587. The SMILES string of the molecule is Cc1cc(C)cc(O[C@@H](C)C(=O)N2CC[C@@H](c3cc(=O)[nH]c(-c4ccccn4)n3)C2)c1. The molecule has 0 bridgehead atoms. The highest BCUT2D eigenvalue weighted by molar-refractivity contribution is 5.81. The van der Waals surface area contributed by atoms with Gasteiger partial charge in [-0.25, -0.2) is 4.98 Å². The molecule has 31 heavy (non-hydrogen) atoms. The Morgan fingerprint density at radius 1 is 1.19 bits per heavy atom. The fourth-order valence-electron chi connectivity index (χ4n) is 4.02. The molecule has 4 rings (SSSR count). The highest BCUT2D eigenvalue weighted by Crippen LogP contribution is 2.27. The summed E-state index contributed by atoms with van der Waals surface area (Å²) in [4.78, 5) is 38.6. The number of nitrogens with one attached hydrogen (secondary N) is 1. The number of rotatable bonds is 5. The van der Waals surface area contributed by atoms with Gasteiger partial charge in [-0.15, -0.1) is 0 Å². The fraction of sp³-hybridized carbons (Fsp3) is 0.333. The van der Waals surface area contributed by atoms with Gasteiger partial charge in [-0.05, 0) is 62.6 Å². The number of carbonyl (C=O) groups excluding carboxylic acids is 1. The maximum absolute atomic E-state index is 13.0. The molecule has 7 heteroatoms. The number of likely N-dealkylation sites (tertiary alicyclic amines) is 1. The van der Waals surface area contributed by atoms with E-state index in [2.05, 4.69) is 21.0 Å². The van der Waals surface area contributed by atoms with Crippen LogP contribution in [0.25, 0.3) is 11.5 Å². The number of hydrogen-bond acceptors (Lipinski definition) is 5. The smallest absolute Gasteiger partial charge is 0.263 e. The Bertz CT molecular complexity index is 1120. The van der Waals surface area contributed by atoms with Gasteiger partial charge in [-0.2, -0.15) is 0 Å². The molecule has 1 aliphatic heterocycles. The number of ether oxygens (including phenoxy) is 1. The number of amides is 1. The normalized spacial score (nSPS) is 16.9. The van der Waals surface area contributed by atoms with E-state index in [-0.39, 0.29) is 17.4 Å². The molecule has 1 aromatic carbocycles. The van der Waals surface area contributed by atoms with Gasteiger partial charge in [0.2, 0.25) is 0 Å². The van der Waals surface area contributed by atoms with E-state index >= 15 is 0 Å². The summed E-state index contributed by atoms with van der Waals surface area (Å²) in [7, 11) is 0. The second-order valence-electron chi connectivity index (χ2n) is 8.09. The highest BCUT2D eigenvalue weighted by atomic mass is 16.5. The van der Waals surface area contributed by atoms with E-state index < -0.39 is 6.10 Å². The Labute approximate surface area is 181 Å². The molecule has 3 aromatic rings. The number of nitrogens with zero attached hydrogens (tertiary/aromatic N) is 3. The predicted octanol–water partition coefficient (Wildman–Crippen LogP) is 3.23. The largest absolute Gasteiger partial charge is 0.481 e. The van der Waals surface area contributed by atoms with Crippen LogP contribution in [0, 0.1) is 13.8 Å². The number of hydrogen-bond donors (Lipinski definition) is 1. The first-order valence-corrected chi connectivity index (χ1v) is 10.5. The molecule has 3 heterocycles. The zero-order valence-electron chi connectivity index (χ0n) is 18.0. The zero-order chi connectivity index (χ0) is 22.0. The Hall–Kier alpha value is -3.48. The molecule has 1 fully saturated rings. The highest BCUT2D eigenvalue weighted by Gasteiger charge is 2.32. The van der Waals surface area contributed by atoms with E-state index in [0.717, 1.165) is 17.5 Å². The van der Waals surface area contributed by atoms with E-state index in [0.29, 0.717) is 36.1 Å². The summed E-state index contributed by atoms with van der Waals surface area (Å²) in [5.74, 6) is 1.09. The summed E-state index contributed by atoms with van der Waals surface area (Å²) in [6.45, 7) is 6.91. The third kappa shape index (κ3) is 4.82. The van der Waals surface area contributed by atoms with Gasteiger partial charge in [0.15, 0.2) is 11.9 Å². The lowest BCUT2D eigenvalue weighted by atomic mass is 10.0. The van der Waals surface area contributed by atoms with Crippen molar-refractivity contribution in [1.29, 1.82) is 0 Å². The molecule has 1 aliphatic rings. The maximum Gasteiger partial charge on any atom is 0.263 e. The van der Waals surface area contributed by atoms with Crippen molar-refractivity contribution in [2.45, 2.75) is 39.2 Å². The van der Waals surface area contributed by atoms with Crippen LogP contribution >= 0.6 is 0 Å². The third-order valence-corrected chi connectivity index (χ3v) is 5.44. The van der Waals surface area contributed by atoms with Crippen molar-refractivity contribution in [2.75, 3.05) is 13.1 Å². The van der Waals surface area contributed by atoms with Gasteiger partial charge in [-0.3, -0.25) is 14.6 Å². The number of benzene rings is 1. The Morgan fingerprint density at radius 2 is 1.97 bits per heavy atom. The van der Waals surface area contributed by atoms with Crippen LogP contribution in [-0.2, 0) is 4.79 Å². The number of pyridine rings is 1. The van der Waals surface area contributed by atoms with Crippen LogP contribution in [0.3, 0.4) is 0 Å². The first kappa shape index (κ1) is 20.8. The topological polar surface area (TPSA) is 88.2 Å². The number of aromatic nitrogens is 3. The van der Waals surface area contributed by atoms with Crippen molar-refractivity contribution in [1.82, 2.24) is 19.9 Å². The second-order valence-corrected chi connectivity index (χ2v) is 8.09. The summed E-state index contributed by atoms with van der Waals surface area (Å²) in [6, 6.07) is 12.9. The molecule has 0 spiro atoms. The number of aryl methyl sites for hydroxylation is 2. The molecule has 1 amide bonds. The molecule has 0 aliphatic carbocycles. The van der Waals surface area contributed by atoms with Crippen molar-refractivity contribution < 1.29 is 9.53 Å². The molecule has 1 N–H and O–H groups in total. The first-order chi connectivity index (χ1) is 14.9. The van der Waals surface area contributed by atoms with Gasteiger partial charge in [0.05, 0.1) is 5.69 Å². The summed E-state index contributed by atoms with van der Waals surface area (Å²) in [5, 5.41) is 0. The Morgan fingerprint density at radius 3 is 2.68 bits per heavy atom. The molecule has 0 radical (unpaired) electrons. The molecule has 2 aromatic heterocycles. The lowest BCUT2D eigenvalue weighted by Crippen LogP contribution is -2.39. The monoisotopic (exact) mass is 418 g/mol. The second kappa shape index (κ2) is 8.71. The zero-order valence-corrected chi connectivity index (χ0v) is 18.0. The summed E-state index contributed by atoms with van der Waals surface area (Å²) < 4.78 is 5.92. The lowest BCUT2D eigenvalue weighted by Gasteiger charge is -2.22. The van der Waals surface area contributed by atoms with Crippen LogP contribution in [0.4, 0.5) is 0 Å². The lowest BCUT2D eigenvalue weighted by molar-refractivity contribution is -0.136. The molecule has 7 nitrogen and oxygen atoms in total. The minimum absolute atomic E-state index is 0.00197. The van der Waals surface area contributed by atoms with E-state index in [9.17, 15) is 9.59 Å². The van der Waals surface area contributed by atoms with E-state index in [4.69, 9.17) is 4.74 Å². The quantitative estimate of drug-likeness (QED) is 0.687. The predicted molar refractivity (Wildman–Crippen MR) is 118 cm³/mol. The van der Waals surface area contributed by atoms with Gasteiger partial charge < -0.3 is 14.6 Å². The number of H-pyrrole nitrogens is 1. The Kier molecular flexibility index (Phi) is 5.84. The van der Waals surface area contributed by atoms with Crippen LogP contribution in [-0.4, -0.2) is 45.0 Å². The average Bonchev–Trinajstić information content (AvgIpc) is 3.23. The van der Waals surface area contributed by atoms with E-state index in [1.165, 1.54) is 6.07 Å². The maximum atomic E-state index is 13.0. The van der Waals surface area contributed by atoms with Gasteiger partial charge in [-0.1, -0.05) is 12.1 Å². The van der Waals surface area contributed by atoms with Crippen LogP contribution < -0.4 is 10.3 Å². The standard InChI is InChI=1S/C24H26N4O3/c1-15-10-16(2)12-19(11-15)31-17(3)24(30)28-9-7-18(14-28)21-13-22(29)27-23(26-21)20-6-4-5-8-25-20/h4-6,8,10-13,17-18H,7,9,14H2,1-3H3,(H,26,27,29)/t17-,18+/m0/s1. The van der Waals surface area contributed by atoms with Crippen molar-refractivity contribution in [2.24, 2.45) is 0 Å². The minimum Gasteiger partial charge on any atom is -0.481 e. The molecule has 2 atom stereocenters. The van der Waals surface area contributed by atoms with Crippen LogP contribution in [0.15, 0.2) is 53.5 Å². The van der Waals surface area contributed by atoms with Crippen molar-refractivity contribution in [3.63, 3.8) is 0 Å². The summed E-state index contributed by atoms with van der Waals surface area (Å²) in [5.41, 5.74) is 3.27. The molecule has 1 saturated heterocycles. The van der Waals surface area contributed by atoms with Crippen LogP contribution in [0.1, 0.15) is 36.1 Å². The molecule has 0 unspecified atom stereocenters. The number of aromatic amines is 1. The van der Waals surface area contributed by atoms with Crippen molar-refractivity contribution in [3.8, 4) is 17.3 Å². The van der Waals surface area contributed by atoms with Crippen LogP contribution in [0.2, 0.25) is 0 Å². The van der Waals surface area contributed by atoms with E-state index in [1.807, 2.05) is 38.1 Å². The van der Waals surface area contributed by atoms with Crippen LogP contribution in [0.5, 0.6) is 5.75 Å². The van der Waals surface area contributed by atoms with Crippen molar-refractivity contribution in [3.05, 3.63) is 75.8 Å². The van der Waals surface area contributed by atoms with Gasteiger partial charge >= 0.3 is 0 Å². The third-order valence-electron chi connectivity index (χ3n) is 5.44. The number of carbonyl (C=O) groups is 1. The summed E-state index contributed by atoms with van der Waals surface area (Å²) in [6.07, 6.45) is 1.83.